The number of halogens is 1. The van der Waals surface area contributed by atoms with Crippen molar-refractivity contribution in [2.24, 2.45) is 0 Å². The van der Waals surface area contributed by atoms with Crippen molar-refractivity contribution < 1.29 is 9.18 Å². The topological polar surface area (TPSA) is 45.2 Å². The van der Waals surface area contributed by atoms with Gasteiger partial charge in [-0.2, -0.15) is 0 Å². The van der Waals surface area contributed by atoms with Gasteiger partial charge >= 0.3 is 0 Å². The van der Waals surface area contributed by atoms with Crippen LogP contribution in [0.15, 0.2) is 60.7 Å². The summed E-state index contributed by atoms with van der Waals surface area (Å²) in [7, 11) is 0. The van der Waals surface area contributed by atoms with Crippen LogP contribution in [0.4, 0.5) is 4.39 Å². The summed E-state index contributed by atoms with van der Waals surface area (Å²) >= 11 is 0. The standard InChI is InChI=1S/C23H24FN3O/c24-19-8-5-17(6-9-19)15-23(28)26-20-11-13-27(14-12-20)16-21-10-7-18-3-1-2-4-22(18)25-21/h1-10,20H,11-16H2,(H,26,28). The number of carbonyl (C=O) groups is 1. The zero-order chi connectivity index (χ0) is 19.3. The van der Waals surface area contributed by atoms with Gasteiger partial charge in [-0.15, -0.1) is 0 Å². The van der Waals surface area contributed by atoms with Gasteiger partial charge in [0, 0.05) is 31.1 Å². The molecule has 0 atom stereocenters. The third kappa shape index (κ3) is 4.73. The van der Waals surface area contributed by atoms with Crippen molar-refractivity contribution >= 4 is 16.8 Å². The molecule has 2 heterocycles. The number of piperidine rings is 1. The molecule has 1 amide bonds. The van der Waals surface area contributed by atoms with Crippen LogP contribution in [-0.4, -0.2) is 34.9 Å². The van der Waals surface area contributed by atoms with Crippen molar-refractivity contribution in [1.82, 2.24) is 15.2 Å². The molecule has 1 saturated heterocycles. The van der Waals surface area contributed by atoms with E-state index in [1.807, 2.05) is 18.2 Å². The first-order valence-electron chi connectivity index (χ1n) is 9.76. The van der Waals surface area contributed by atoms with Gasteiger partial charge < -0.3 is 5.32 Å². The highest BCUT2D eigenvalue weighted by molar-refractivity contribution is 5.79. The Bertz CT molecular complexity index is 949. The fraction of sp³-hybridized carbons (Fsp3) is 0.304. The summed E-state index contributed by atoms with van der Waals surface area (Å²) in [6, 6.07) is 18.7. The number of pyridine rings is 1. The van der Waals surface area contributed by atoms with Crippen molar-refractivity contribution in [3.63, 3.8) is 0 Å². The predicted molar refractivity (Wildman–Crippen MR) is 108 cm³/mol. The van der Waals surface area contributed by atoms with Gasteiger partial charge in [0.2, 0.25) is 5.91 Å². The average molecular weight is 377 g/mol. The van der Waals surface area contributed by atoms with Crippen LogP contribution in [0.25, 0.3) is 10.9 Å². The summed E-state index contributed by atoms with van der Waals surface area (Å²) in [5.74, 6) is -0.279. The number of amides is 1. The number of aromatic nitrogens is 1. The van der Waals surface area contributed by atoms with Crippen molar-refractivity contribution in [3.05, 3.63) is 77.7 Å². The summed E-state index contributed by atoms with van der Waals surface area (Å²) in [5, 5.41) is 4.28. The van der Waals surface area contributed by atoms with E-state index in [-0.39, 0.29) is 17.8 Å². The molecule has 3 aromatic rings. The molecule has 28 heavy (non-hydrogen) atoms. The molecule has 0 spiro atoms. The Morgan fingerprint density at radius 2 is 1.79 bits per heavy atom. The highest BCUT2D eigenvalue weighted by Gasteiger charge is 2.21. The third-order valence-corrected chi connectivity index (χ3v) is 5.27. The smallest absolute Gasteiger partial charge is 0.224 e. The molecule has 4 rings (SSSR count). The number of likely N-dealkylation sites (tertiary alicyclic amines) is 1. The molecule has 2 aromatic carbocycles. The first kappa shape index (κ1) is 18.6. The fourth-order valence-corrected chi connectivity index (χ4v) is 3.73. The second-order valence-electron chi connectivity index (χ2n) is 7.42. The first-order valence-corrected chi connectivity index (χ1v) is 9.76. The number of para-hydroxylation sites is 1. The lowest BCUT2D eigenvalue weighted by Gasteiger charge is -2.32. The number of hydrogen-bond donors (Lipinski definition) is 1. The van der Waals surface area contributed by atoms with E-state index in [1.54, 1.807) is 12.1 Å². The second-order valence-corrected chi connectivity index (χ2v) is 7.42. The molecular formula is C23H24FN3O. The van der Waals surface area contributed by atoms with Gasteiger partial charge in [0.1, 0.15) is 5.82 Å². The summed E-state index contributed by atoms with van der Waals surface area (Å²) in [6.45, 7) is 2.72. The lowest BCUT2D eigenvalue weighted by Crippen LogP contribution is -2.44. The summed E-state index contributed by atoms with van der Waals surface area (Å²) in [5.41, 5.74) is 2.94. The van der Waals surface area contributed by atoms with Crippen LogP contribution in [0.2, 0.25) is 0 Å². The Hall–Kier alpha value is -2.79. The van der Waals surface area contributed by atoms with Gasteiger partial charge in [-0.3, -0.25) is 14.7 Å². The van der Waals surface area contributed by atoms with Gasteiger partial charge in [-0.05, 0) is 42.7 Å². The van der Waals surface area contributed by atoms with Gasteiger partial charge in [0.15, 0.2) is 0 Å². The monoisotopic (exact) mass is 377 g/mol. The first-order chi connectivity index (χ1) is 13.7. The number of rotatable bonds is 5. The molecule has 144 valence electrons. The SMILES string of the molecule is O=C(Cc1ccc(F)cc1)NC1CCN(Cc2ccc3ccccc3n2)CC1. The Kier molecular flexibility index (Phi) is 5.63. The molecule has 0 aliphatic carbocycles. The van der Waals surface area contributed by atoms with E-state index in [9.17, 15) is 9.18 Å². The minimum atomic E-state index is -0.280. The van der Waals surface area contributed by atoms with Crippen LogP contribution < -0.4 is 5.32 Å². The number of benzene rings is 2. The molecular weight excluding hydrogens is 353 g/mol. The maximum absolute atomic E-state index is 13.0. The number of carbonyl (C=O) groups excluding carboxylic acids is 1. The molecule has 0 unspecified atom stereocenters. The summed E-state index contributed by atoms with van der Waals surface area (Å²) in [4.78, 5) is 19.4. The van der Waals surface area contributed by atoms with Crippen LogP contribution in [0.5, 0.6) is 0 Å². The quantitative estimate of drug-likeness (QED) is 0.737. The molecule has 1 aliphatic heterocycles. The number of hydrogen-bond acceptors (Lipinski definition) is 3. The summed E-state index contributed by atoms with van der Waals surface area (Å²) in [6.07, 6.45) is 2.16. The highest BCUT2D eigenvalue weighted by Crippen LogP contribution is 2.16. The van der Waals surface area contributed by atoms with Crippen molar-refractivity contribution in [1.29, 1.82) is 0 Å². The van der Waals surface area contributed by atoms with E-state index in [4.69, 9.17) is 4.98 Å². The van der Waals surface area contributed by atoms with E-state index in [0.29, 0.717) is 6.42 Å². The molecule has 5 heteroatoms. The molecule has 0 saturated carbocycles. The Labute approximate surface area is 164 Å². The Balaban J connectivity index is 1.25. The lowest BCUT2D eigenvalue weighted by molar-refractivity contribution is -0.121. The Morgan fingerprint density at radius 3 is 2.57 bits per heavy atom. The van der Waals surface area contributed by atoms with Gasteiger partial charge in [-0.1, -0.05) is 36.4 Å². The Morgan fingerprint density at radius 1 is 1.04 bits per heavy atom. The van der Waals surface area contributed by atoms with E-state index in [0.717, 1.165) is 54.6 Å². The molecule has 1 fully saturated rings. The summed E-state index contributed by atoms with van der Waals surface area (Å²) < 4.78 is 13.0. The van der Waals surface area contributed by atoms with E-state index < -0.39 is 0 Å². The predicted octanol–water partition coefficient (Wildman–Crippen LogP) is 3.70. The maximum Gasteiger partial charge on any atom is 0.224 e. The third-order valence-electron chi connectivity index (χ3n) is 5.27. The molecule has 4 nitrogen and oxygen atoms in total. The van der Waals surface area contributed by atoms with E-state index in [2.05, 4.69) is 28.4 Å². The molecule has 1 N–H and O–H groups in total. The zero-order valence-corrected chi connectivity index (χ0v) is 15.8. The van der Waals surface area contributed by atoms with E-state index >= 15 is 0 Å². The largest absolute Gasteiger partial charge is 0.353 e. The van der Waals surface area contributed by atoms with Crippen LogP contribution in [-0.2, 0) is 17.8 Å². The number of fused-ring (bicyclic) bond motifs is 1. The minimum absolute atomic E-state index is 0.00116. The molecule has 1 aliphatic rings. The second kappa shape index (κ2) is 8.48. The van der Waals surface area contributed by atoms with Crippen molar-refractivity contribution in [3.8, 4) is 0 Å². The zero-order valence-electron chi connectivity index (χ0n) is 15.8. The maximum atomic E-state index is 13.0. The number of nitrogens with zero attached hydrogens (tertiary/aromatic N) is 2. The molecule has 0 radical (unpaired) electrons. The number of nitrogens with one attached hydrogen (secondary N) is 1. The van der Waals surface area contributed by atoms with Gasteiger partial charge in [0.25, 0.3) is 0 Å². The minimum Gasteiger partial charge on any atom is -0.353 e. The normalized spacial score (nSPS) is 15.6. The highest BCUT2D eigenvalue weighted by atomic mass is 19.1. The molecule has 0 bridgehead atoms. The van der Waals surface area contributed by atoms with Crippen LogP contribution in [0.1, 0.15) is 24.1 Å². The lowest BCUT2D eigenvalue weighted by atomic mass is 10.0. The molecule has 1 aromatic heterocycles. The van der Waals surface area contributed by atoms with Crippen LogP contribution in [0.3, 0.4) is 0 Å². The van der Waals surface area contributed by atoms with Crippen LogP contribution >= 0.6 is 0 Å². The fourth-order valence-electron chi connectivity index (χ4n) is 3.73. The van der Waals surface area contributed by atoms with Crippen molar-refractivity contribution in [2.75, 3.05) is 13.1 Å². The van der Waals surface area contributed by atoms with Gasteiger partial charge in [0.05, 0.1) is 17.6 Å². The van der Waals surface area contributed by atoms with Gasteiger partial charge in [-0.25, -0.2) is 4.39 Å². The van der Waals surface area contributed by atoms with Crippen LogP contribution in [0, 0.1) is 5.82 Å². The van der Waals surface area contributed by atoms with E-state index in [1.165, 1.54) is 12.1 Å². The van der Waals surface area contributed by atoms with Crippen molar-refractivity contribution in [2.45, 2.75) is 31.8 Å². The average Bonchev–Trinajstić information content (AvgIpc) is 2.71.